The van der Waals surface area contributed by atoms with Gasteiger partial charge in [-0.15, -0.1) is 0 Å². The maximum atomic E-state index is 12.4. The van der Waals surface area contributed by atoms with Crippen molar-refractivity contribution in [2.45, 2.75) is 46.6 Å². The molecule has 1 aliphatic rings. The molecule has 0 radical (unpaired) electrons. The summed E-state index contributed by atoms with van der Waals surface area (Å²) in [6.45, 7) is 12.0. The minimum Gasteiger partial charge on any atom is -0.451 e. The van der Waals surface area contributed by atoms with Gasteiger partial charge in [0.25, 0.3) is 0 Å². The summed E-state index contributed by atoms with van der Waals surface area (Å²) in [5.41, 5.74) is 9.07. The number of carbonyl (C=O) groups excluding carboxylic acids is 1. The van der Waals surface area contributed by atoms with E-state index in [0.29, 0.717) is 5.58 Å². The number of rotatable bonds is 5. The summed E-state index contributed by atoms with van der Waals surface area (Å²) in [6.07, 6.45) is 5.11. The highest BCUT2D eigenvalue weighted by molar-refractivity contribution is 5.97. The van der Waals surface area contributed by atoms with Crippen molar-refractivity contribution in [1.82, 2.24) is 5.43 Å². The predicted octanol–water partition coefficient (Wildman–Crippen LogP) is 5.92. The molecule has 31 heavy (non-hydrogen) atoms. The maximum Gasteiger partial charge on any atom is 0.307 e. The third-order valence-corrected chi connectivity index (χ3v) is 5.83. The first-order valence-electron chi connectivity index (χ1n) is 10.7. The van der Waals surface area contributed by atoms with Crippen molar-refractivity contribution in [3.8, 4) is 0 Å². The van der Waals surface area contributed by atoms with Crippen molar-refractivity contribution in [3.63, 3.8) is 0 Å². The molecule has 0 unspecified atom stereocenters. The van der Waals surface area contributed by atoms with Gasteiger partial charge in [-0.1, -0.05) is 31.2 Å². The zero-order valence-corrected chi connectivity index (χ0v) is 18.8. The Hall–Kier alpha value is -3.34. The summed E-state index contributed by atoms with van der Waals surface area (Å²) in [5.74, 6) is -0.119. The Morgan fingerprint density at radius 1 is 1.19 bits per heavy atom. The van der Waals surface area contributed by atoms with Gasteiger partial charge in [0.05, 0.1) is 11.8 Å². The van der Waals surface area contributed by atoms with E-state index in [0.717, 1.165) is 29.5 Å². The largest absolute Gasteiger partial charge is 0.451 e. The van der Waals surface area contributed by atoms with Gasteiger partial charge in [0, 0.05) is 23.2 Å². The molecule has 5 nitrogen and oxygen atoms in total. The van der Waals surface area contributed by atoms with Crippen LogP contribution in [0.5, 0.6) is 0 Å². The van der Waals surface area contributed by atoms with Gasteiger partial charge in [-0.2, -0.15) is 5.10 Å². The van der Waals surface area contributed by atoms with Crippen molar-refractivity contribution >= 4 is 34.4 Å². The van der Waals surface area contributed by atoms with Crippen LogP contribution in [0.15, 0.2) is 58.1 Å². The zero-order chi connectivity index (χ0) is 22.2. The Kier molecular flexibility index (Phi) is 5.44. The van der Waals surface area contributed by atoms with Crippen LogP contribution in [0.3, 0.4) is 0 Å². The fourth-order valence-corrected chi connectivity index (χ4v) is 4.33. The van der Waals surface area contributed by atoms with Crippen molar-refractivity contribution < 1.29 is 9.21 Å². The van der Waals surface area contributed by atoms with Crippen LogP contribution >= 0.6 is 0 Å². The van der Waals surface area contributed by atoms with E-state index in [2.05, 4.69) is 68.3 Å². The van der Waals surface area contributed by atoms with Gasteiger partial charge in [0.1, 0.15) is 5.58 Å². The smallest absolute Gasteiger partial charge is 0.307 e. The molecule has 1 N–H and O–H groups in total. The van der Waals surface area contributed by atoms with Gasteiger partial charge in [-0.25, -0.2) is 5.43 Å². The number of nitrogens with one attached hydrogen (secondary N) is 1. The molecular weight excluding hydrogens is 386 g/mol. The van der Waals surface area contributed by atoms with Crippen molar-refractivity contribution in [2.24, 2.45) is 5.10 Å². The number of nitrogens with zero attached hydrogens (tertiary/aromatic N) is 2. The highest BCUT2D eigenvalue weighted by atomic mass is 16.3. The molecule has 160 valence electrons. The molecule has 4 rings (SSSR count). The average Bonchev–Trinajstić information content (AvgIpc) is 3.16. The van der Waals surface area contributed by atoms with Crippen LogP contribution < -0.4 is 10.3 Å². The fourth-order valence-electron chi connectivity index (χ4n) is 4.33. The predicted molar refractivity (Wildman–Crippen MR) is 128 cm³/mol. The molecule has 3 aromatic rings. The van der Waals surface area contributed by atoms with Gasteiger partial charge < -0.3 is 9.32 Å². The molecule has 1 aliphatic heterocycles. The Bertz CT molecular complexity index is 1170. The molecule has 5 heteroatoms. The first-order chi connectivity index (χ1) is 14.8. The number of hydrazone groups is 1. The Labute approximate surface area is 183 Å². The van der Waals surface area contributed by atoms with E-state index >= 15 is 0 Å². The minimum absolute atomic E-state index is 0.0182. The second-order valence-electron chi connectivity index (χ2n) is 8.71. The molecule has 2 aromatic carbocycles. The molecule has 1 aromatic heterocycles. The topological polar surface area (TPSA) is 57.8 Å². The number of benzene rings is 2. The summed E-state index contributed by atoms with van der Waals surface area (Å²) < 4.78 is 5.60. The number of furan rings is 1. The SMILES string of the molecule is CCCN1c2cc(C)c(/C=N/NC(=O)c3cc4ccccc4o3)cc2C(C)=CC1(C)C. The average molecular weight is 416 g/mol. The van der Waals surface area contributed by atoms with Crippen LogP contribution in [0, 0.1) is 6.92 Å². The molecule has 0 aliphatic carbocycles. The number of anilines is 1. The number of hydrogen-bond acceptors (Lipinski definition) is 4. The Balaban J connectivity index is 1.57. The summed E-state index contributed by atoms with van der Waals surface area (Å²) in [6, 6.07) is 13.7. The molecule has 0 spiro atoms. The number of fused-ring (bicyclic) bond motifs is 2. The molecule has 2 heterocycles. The van der Waals surface area contributed by atoms with Gasteiger partial charge in [-0.05, 0) is 75.1 Å². The van der Waals surface area contributed by atoms with Crippen LogP contribution in [0.25, 0.3) is 16.5 Å². The molecular formula is C26H29N3O2. The van der Waals surface area contributed by atoms with E-state index in [4.69, 9.17) is 4.42 Å². The maximum absolute atomic E-state index is 12.4. The lowest BCUT2D eigenvalue weighted by Gasteiger charge is -2.43. The standard InChI is InChI=1S/C26H29N3O2/c1-6-11-29-22-12-17(2)20(13-21(22)18(3)15-26(29,4)5)16-27-28-25(30)24-14-19-9-7-8-10-23(19)31-24/h7-10,12-16H,6,11H2,1-5H3,(H,28,30)/b27-16+. The van der Waals surface area contributed by atoms with Crippen LogP contribution in [0.1, 0.15) is 61.4 Å². The van der Waals surface area contributed by atoms with Gasteiger partial charge in [0.2, 0.25) is 0 Å². The lowest BCUT2D eigenvalue weighted by molar-refractivity contribution is 0.0929. The first kappa shape index (κ1) is 20.9. The molecule has 0 atom stereocenters. The van der Waals surface area contributed by atoms with E-state index in [-0.39, 0.29) is 17.2 Å². The number of hydrogen-bond donors (Lipinski definition) is 1. The summed E-state index contributed by atoms with van der Waals surface area (Å²) in [7, 11) is 0. The quantitative estimate of drug-likeness (QED) is 0.416. The number of carbonyl (C=O) groups is 1. The molecule has 0 saturated carbocycles. The lowest BCUT2D eigenvalue weighted by Crippen LogP contribution is -2.45. The molecule has 0 fully saturated rings. The number of amides is 1. The van der Waals surface area contributed by atoms with Crippen LogP contribution in [0.4, 0.5) is 5.69 Å². The summed E-state index contributed by atoms with van der Waals surface area (Å²) >= 11 is 0. The number of para-hydroxylation sites is 1. The summed E-state index contributed by atoms with van der Waals surface area (Å²) in [4.78, 5) is 14.9. The minimum atomic E-state index is -0.366. The Morgan fingerprint density at radius 3 is 2.71 bits per heavy atom. The molecule has 0 bridgehead atoms. The zero-order valence-electron chi connectivity index (χ0n) is 18.8. The second kappa shape index (κ2) is 8.06. The van der Waals surface area contributed by atoms with Crippen molar-refractivity contribution in [2.75, 3.05) is 11.4 Å². The van der Waals surface area contributed by atoms with E-state index < -0.39 is 0 Å². The first-order valence-corrected chi connectivity index (χ1v) is 10.7. The third kappa shape index (κ3) is 4.00. The number of aryl methyl sites for hydroxylation is 1. The normalized spacial score (nSPS) is 15.3. The molecule has 1 amide bonds. The van der Waals surface area contributed by atoms with Gasteiger partial charge in [0.15, 0.2) is 5.76 Å². The van der Waals surface area contributed by atoms with E-state index in [9.17, 15) is 4.79 Å². The van der Waals surface area contributed by atoms with Crippen molar-refractivity contribution in [3.05, 3.63) is 71.0 Å². The third-order valence-electron chi connectivity index (χ3n) is 5.83. The number of allylic oxidation sites excluding steroid dienone is 1. The van der Waals surface area contributed by atoms with E-state index in [1.807, 2.05) is 24.3 Å². The fraction of sp³-hybridized carbons (Fsp3) is 0.308. The monoisotopic (exact) mass is 415 g/mol. The van der Waals surface area contributed by atoms with Crippen molar-refractivity contribution in [1.29, 1.82) is 0 Å². The lowest BCUT2D eigenvalue weighted by atomic mass is 9.87. The van der Waals surface area contributed by atoms with E-state index in [1.165, 1.54) is 16.8 Å². The second-order valence-corrected chi connectivity index (χ2v) is 8.71. The highest BCUT2D eigenvalue weighted by Crippen LogP contribution is 2.40. The Morgan fingerprint density at radius 2 is 1.97 bits per heavy atom. The van der Waals surface area contributed by atoms with E-state index in [1.54, 1.807) is 12.3 Å². The summed E-state index contributed by atoms with van der Waals surface area (Å²) in [5, 5.41) is 5.08. The van der Waals surface area contributed by atoms with Crippen LogP contribution in [-0.2, 0) is 0 Å². The van der Waals surface area contributed by atoms with Crippen LogP contribution in [-0.4, -0.2) is 24.2 Å². The van der Waals surface area contributed by atoms with Gasteiger partial charge >= 0.3 is 5.91 Å². The van der Waals surface area contributed by atoms with Crippen LogP contribution in [0.2, 0.25) is 0 Å². The molecule has 0 saturated heterocycles. The highest BCUT2D eigenvalue weighted by Gasteiger charge is 2.31. The van der Waals surface area contributed by atoms with Gasteiger partial charge in [-0.3, -0.25) is 4.79 Å².